The second kappa shape index (κ2) is 7.33. The van der Waals surface area contributed by atoms with Gasteiger partial charge in [0.2, 0.25) is 5.91 Å². The van der Waals surface area contributed by atoms with Crippen molar-refractivity contribution in [1.29, 1.82) is 0 Å². The number of benzene rings is 1. The number of carboxylic acids is 1. The van der Waals surface area contributed by atoms with Gasteiger partial charge in [0, 0.05) is 13.0 Å². The predicted molar refractivity (Wildman–Crippen MR) is 91.8 cm³/mol. The molecule has 136 valence electrons. The summed E-state index contributed by atoms with van der Waals surface area (Å²) in [5, 5.41) is 9.58. The van der Waals surface area contributed by atoms with E-state index in [2.05, 4.69) is 0 Å². The molecule has 1 aromatic carbocycles. The van der Waals surface area contributed by atoms with E-state index < -0.39 is 12.0 Å². The molecule has 1 aliphatic heterocycles. The molecule has 0 spiro atoms. The van der Waals surface area contributed by atoms with Gasteiger partial charge in [-0.3, -0.25) is 4.79 Å². The number of hydrogen-bond donors (Lipinski definition) is 1. The zero-order valence-electron chi connectivity index (χ0n) is 14.7. The predicted octanol–water partition coefficient (Wildman–Crippen LogP) is 2.35. The van der Waals surface area contributed by atoms with Crippen LogP contribution in [0.3, 0.4) is 0 Å². The number of fused-ring (bicyclic) bond motifs is 1. The van der Waals surface area contributed by atoms with E-state index in [-0.39, 0.29) is 18.2 Å². The third-order valence-corrected chi connectivity index (χ3v) is 5.56. The van der Waals surface area contributed by atoms with Crippen LogP contribution in [-0.4, -0.2) is 48.7 Å². The summed E-state index contributed by atoms with van der Waals surface area (Å²) in [5.74, 6) is 0.918. The fourth-order valence-electron chi connectivity index (χ4n) is 4.34. The molecule has 1 heterocycles. The first kappa shape index (κ1) is 17.6. The maximum Gasteiger partial charge on any atom is 0.326 e. The summed E-state index contributed by atoms with van der Waals surface area (Å²) < 4.78 is 10.6. The molecule has 3 rings (SSSR count). The van der Waals surface area contributed by atoms with Crippen LogP contribution in [0.4, 0.5) is 0 Å². The minimum absolute atomic E-state index is 0.0910. The highest BCUT2D eigenvalue weighted by atomic mass is 16.5. The molecular formula is C19H25NO5. The largest absolute Gasteiger partial charge is 0.497 e. The van der Waals surface area contributed by atoms with Crippen molar-refractivity contribution in [2.45, 2.75) is 38.1 Å². The van der Waals surface area contributed by atoms with E-state index in [9.17, 15) is 14.7 Å². The summed E-state index contributed by atoms with van der Waals surface area (Å²) in [6, 6.07) is 4.83. The molecule has 3 atom stereocenters. The van der Waals surface area contributed by atoms with Crippen molar-refractivity contribution in [1.82, 2.24) is 4.90 Å². The van der Waals surface area contributed by atoms with Crippen molar-refractivity contribution >= 4 is 11.9 Å². The molecule has 0 aromatic heterocycles. The van der Waals surface area contributed by atoms with Crippen molar-refractivity contribution in [3.63, 3.8) is 0 Å². The Hall–Kier alpha value is -2.24. The van der Waals surface area contributed by atoms with E-state index in [0.717, 1.165) is 24.8 Å². The lowest BCUT2D eigenvalue weighted by atomic mass is 9.94. The summed E-state index contributed by atoms with van der Waals surface area (Å²) in [7, 11) is 3.19. The first-order valence-electron chi connectivity index (χ1n) is 8.78. The van der Waals surface area contributed by atoms with Crippen LogP contribution in [0.1, 0.15) is 31.2 Å². The van der Waals surface area contributed by atoms with Crippen LogP contribution in [0.25, 0.3) is 0 Å². The molecule has 0 bridgehead atoms. The Balaban J connectivity index is 1.69. The van der Waals surface area contributed by atoms with E-state index in [1.807, 2.05) is 18.2 Å². The van der Waals surface area contributed by atoms with E-state index in [1.165, 1.54) is 0 Å². The Morgan fingerprint density at radius 2 is 2.04 bits per heavy atom. The number of carboxylic acid groups (broad SMARTS) is 1. The number of aryl methyl sites for hydroxylation is 1. The number of nitrogens with zero attached hydrogens (tertiary/aromatic N) is 1. The van der Waals surface area contributed by atoms with Gasteiger partial charge in [-0.1, -0.05) is 6.42 Å². The Kier molecular flexibility index (Phi) is 5.16. The number of hydrogen-bond acceptors (Lipinski definition) is 4. The van der Waals surface area contributed by atoms with Crippen LogP contribution in [-0.2, 0) is 16.0 Å². The van der Waals surface area contributed by atoms with E-state index in [0.29, 0.717) is 30.4 Å². The van der Waals surface area contributed by atoms with E-state index in [1.54, 1.807) is 19.1 Å². The molecule has 1 saturated carbocycles. The molecule has 6 nitrogen and oxygen atoms in total. The molecule has 1 amide bonds. The summed E-state index contributed by atoms with van der Waals surface area (Å²) in [4.78, 5) is 26.0. The maximum absolute atomic E-state index is 12.7. The summed E-state index contributed by atoms with van der Waals surface area (Å²) >= 11 is 0. The van der Waals surface area contributed by atoms with Gasteiger partial charge < -0.3 is 19.5 Å². The number of methoxy groups -OCH3 is 2. The molecule has 1 saturated heterocycles. The second-order valence-electron chi connectivity index (χ2n) is 6.86. The fourth-order valence-corrected chi connectivity index (χ4v) is 4.34. The fraction of sp³-hybridized carbons (Fsp3) is 0.579. The highest BCUT2D eigenvalue weighted by molar-refractivity contribution is 5.85. The van der Waals surface area contributed by atoms with Crippen LogP contribution >= 0.6 is 0 Å². The molecule has 1 aromatic rings. The monoisotopic (exact) mass is 347 g/mol. The first-order chi connectivity index (χ1) is 12.0. The molecule has 2 fully saturated rings. The topological polar surface area (TPSA) is 76.1 Å². The third-order valence-electron chi connectivity index (χ3n) is 5.56. The van der Waals surface area contributed by atoms with Crippen LogP contribution < -0.4 is 9.47 Å². The number of amides is 1. The Labute approximate surface area is 147 Å². The minimum Gasteiger partial charge on any atom is -0.497 e. The normalized spacial score (nSPS) is 24.9. The molecule has 6 heteroatoms. The van der Waals surface area contributed by atoms with Gasteiger partial charge in [0.05, 0.1) is 14.2 Å². The lowest BCUT2D eigenvalue weighted by Gasteiger charge is -2.24. The number of carbonyl (C=O) groups excluding carboxylic acids is 1. The number of aliphatic carboxylic acids is 1. The van der Waals surface area contributed by atoms with Crippen molar-refractivity contribution in [3.05, 3.63) is 23.8 Å². The quantitative estimate of drug-likeness (QED) is 0.855. The van der Waals surface area contributed by atoms with Crippen molar-refractivity contribution in [2.24, 2.45) is 11.8 Å². The highest BCUT2D eigenvalue weighted by Crippen LogP contribution is 2.42. The number of ether oxygens (including phenoxy) is 2. The van der Waals surface area contributed by atoms with Gasteiger partial charge >= 0.3 is 5.97 Å². The Morgan fingerprint density at radius 3 is 2.72 bits per heavy atom. The molecule has 2 aliphatic rings. The lowest BCUT2D eigenvalue weighted by Crippen LogP contribution is -2.43. The van der Waals surface area contributed by atoms with E-state index in [4.69, 9.17) is 9.47 Å². The second-order valence-corrected chi connectivity index (χ2v) is 6.86. The summed E-state index contributed by atoms with van der Waals surface area (Å²) in [6.07, 6.45) is 3.78. The zero-order chi connectivity index (χ0) is 18.0. The van der Waals surface area contributed by atoms with Crippen LogP contribution in [0.5, 0.6) is 11.5 Å². The van der Waals surface area contributed by atoms with Gasteiger partial charge in [0.25, 0.3) is 0 Å². The van der Waals surface area contributed by atoms with Gasteiger partial charge in [-0.2, -0.15) is 0 Å². The third kappa shape index (κ3) is 3.43. The summed E-state index contributed by atoms with van der Waals surface area (Å²) in [6.45, 7) is 0.579. The molecule has 0 radical (unpaired) electrons. The van der Waals surface area contributed by atoms with Crippen molar-refractivity contribution < 1.29 is 24.2 Å². The number of rotatable bonds is 6. The van der Waals surface area contributed by atoms with Gasteiger partial charge in [-0.15, -0.1) is 0 Å². The highest BCUT2D eigenvalue weighted by Gasteiger charge is 2.49. The van der Waals surface area contributed by atoms with Gasteiger partial charge in [-0.05, 0) is 54.9 Å². The SMILES string of the molecule is COc1ccc(OC)c(CCC(=O)N2CC3CCCC3C2C(=O)O)c1. The standard InChI is InChI=1S/C19H25NO5/c1-24-14-7-8-16(25-2)12(10-14)6-9-17(21)20-11-13-4-3-5-15(13)18(20)19(22)23/h7-8,10,13,15,18H,3-6,9,11H2,1-2H3,(H,22,23). The van der Waals surface area contributed by atoms with Crippen LogP contribution in [0.2, 0.25) is 0 Å². The van der Waals surface area contributed by atoms with Crippen molar-refractivity contribution in [2.75, 3.05) is 20.8 Å². The van der Waals surface area contributed by atoms with Gasteiger partial charge in [0.15, 0.2) is 0 Å². The smallest absolute Gasteiger partial charge is 0.326 e. The molecule has 3 unspecified atom stereocenters. The van der Waals surface area contributed by atoms with Crippen molar-refractivity contribution in [3.8, 4) is 11.5 Å². The van der Waals surface area contributed by atoms with Crippen LogP contribution in [0.15, 0.2) is 18.2 Å². The van der Waals surface area contributed by atoms with Gasteiger partial charge in [-0.25, -0.2) is 4.79 Å². The van der Waals surface area contributed by atoms with E-state index >= 15 is 0 Å². The maximum atomic E-state index is 12.7. The Morgan fingerprint density at radius 1 is 1.24 bits per heavy atom. The molecule has 1 aliphatic carbocycles. The van der Waals surface area contributed by atoms with Gasteiger partial charge in [0.1, 0.15) is 17.5 Å². The average molecular weight is 347 g/mol. The average Bonchev–Trinajstić information content (AvgIpc) is 3.19. The number of carbonyl (C=O) groups is 2. The first-order valence-corrected chi connectivity index (χ1v) is 8.78. The molecule has 1 N–H and O–H groups in total. The lowest BCUT2D eigenvalue weighted by molar-refractivity contribution is -0.149. The molecular weight excluding hydrogens is 322 g/mol. The van der Waals surface area contributed by atoms with Crippen LogP contribution in [0, 0.1) is 11.8 Å². The number of likely N-dealkylation sites (tertiary alicyclic amines) is 1. The Bertz CT molecular complexity index is 659. The molecule has 25 heavy (non-hydrogen) atoms. The summed E-state index contributed by atoms with van der Waals surface area (Å²) in [5.41, 5.74) is 0.890. The zero-order valence-corrected chi connectivity index (χ0v) is 14.7. The minimum atomic E-state index is -0.873.